The van der Waals surface area contributed by atoms with Gasteiger partial charge in [0.25, 0.3) is 0 Å². The van der Waals surface area contributed by atoms with Crippen molar-refractivity contribution in [1.82, 2.24) is 0 Å². The second kappa shape index (κ2) is 15.7. The third kappa shape index (κ3) is 121. The van der Waals surface area contributed by atoms with Crippen molar-refractivity contribution >= 4 is 46.3 Å². The zero-order valence-electron chi connectivity index (χ0n) is 4.48. The summed E-state index contributed by atoms with van der Waals surface area (Å²) in [6.45, 7) is 3.86. The van der Waals surface area contributed by atoms with Gasteiger partial charge in [-0.3, -0.25) is 0 Å². The van der Waals surface area contributed by atoms with Crippen LogP contribution < -0.4 is 0 Å². The molecule has 0 heterocycles. The molecule has 0 aromatic rings. The largest absolute Gasteiger partial charge is 0.153 e. The number of hydrogen-bond donors (Lipinski definition) is 0. The molecule has 0 N–H and O–H groups in total. The van der Waals surface area contributed by atoms with Crippen molar-refractivity contribution in [3.63, 3.8) is 0 Å². The van der Waals surface area contributed by atoms with E-state index in [9.17, 15) is 0 Å². The minimum absolute atomic E-state index is 0. The van der Waals surface area contributed by atoms with Gasteiger partial charge in [-0.25, -0.2) is 0 Å². The lowest BCUT2D eigenvalue weighted by Gasteiger charge is -1.76. The van der Waals surface area contributed by atoms with Gasteiger partial charge < -0.3 is 0 Å². The molecule has 0 amide bonds. The Kier molecular flexibility index (Phi) is 53.5. The van der Waals surface area contributed by atoms with Crippen LogP contribution in [-0.4, -0.2) is 5.38 Å². The van der Waals surface area contributed by atoms with Crippen molar-refractivity contribution in [1.29, 1.82) is 0 Å². The van der Waals surface area contributed by atoms with Crippen molar-refractivity contribution in [2.45, 2.75) is 19.2 Å². The van der Waals surface area contributed by atoms with E-state index in [4.69, 9.17) is 11.6 Å². The maximum Gasteiger partial charge on any atom is 0.0279 e. The molecule has 0 saturated heterocycles. The second-order valence-electron chi connectivity index (χ2n) is 1.01. The number of hydrogen-bond acceptors (Lipinski definition) is 0. The first-order valence-electron chi connectivity index (χ1n) is 1.37. The smallest absolute Gasteiger partial charge is 0.0279 e. The van der Waals surface area contributed by atoms with Crippen LogP contribution in [-0.2, 0) is 0 Å². The van der Waals surface area contributed by atoms with Crippen molar-refractivity contribution < 1.29 is 0 Å². The summed E-state index contributed by atoms with van der Waals surface area (Å²) in [4.78, 5) is 0. The van der Waals surface area contributed by atoms with Gasteiger partial charge in [0.05, 0.1) is 0 Å². The summed E-state index contributed by atoms with van der Waals surface area (Å²) in [6.07, 6.45) is 0. The molecular formula is C3H12Cl3P. The Bertz CT molecular complexity index is 14.9. The summed E-state index contributed by atoms with van der Waals surface area (Å²) in [6, 6.07) is 0. The molecule has 0 aromatic carbocycles. The van der Waals surface area contributed by atoms with Gasteiger partial charge in [0.15, 0.2) is 0 Å². The molecular weight excluding hydrogens is 173 g/mol. The molecule has 0 bridgehead atoms. The van der Waals surface area contributed by atoms with E-state index in [1.165, 1.54) is 0 Å². The maximum atomic E-state index is 5.27. The molecule has 0 spiro atoms. The van der Waals surface area contributed by atoms with Crippen LogP contribution >= 0.6 is 46.3 Å². The summed E-state index contributed by atoms with van der Waals surface area (Å²) >= 11 is 5.27. The molecule has 0 fully saturated rings. The Morgan fingerprint density at radius 1 is 1.14 bits per heavy atom. The van der Waals surface area contributed by atoms with Gasteiger partial charge in [-0.15, -0.1) is 36.4 Å². The Labute approximate surface area is 65.8 Å². The maximum absolute atomic E-state index is 5.27. The SMILES string of the molecule is CC(C)Cl.Cl.Cl.P. The highest BCUT2D eigenvalue weighted by Gasteiger charge is 1.71. The van der Waals surface area contributed by atoms with E-state index in [1.54, 1.807) is 0 Å². The first-order valence-corrected chi connectivity index (χ1v) is 1.81. The molecule has 1 atom stereocenters. The first kappa shape index (κ1) is 23.9. The van der Waals surface area contributed by atoms with Gasteiger partial charge >= 0.3 is 0 Å². The molecule has 0 aromatic heterocycles. The molecule has 7 heavy (non-hydrogen) atoms. The van der Waals surface area contributed by atoms with Crippen LogP contribution in [0.2, 0.25) is 0 Å². The first-order chi connectivity index (χ1) is 1.73. The molecule has 0 rings (SSSR count). The van der Waals surface area contributed by atoms with Crippen LogP contribution in [0.15, 0.2) is 0 Å². The Hall–Kier alpha value is 1.30. The van der Waals surface area contributed by atoms with E-state index in [0.717, 1.165) is 0 Å². The molecule has 0 nitrogen and oxygen atoms in total. The number of halogens is 3. The standard InChI is InChI=1S/C3H7Cl.2ClH.H3P/c1-3(2)4;;;/h3H,1-2H3;2*1H;1H3. The van der Waals surface area contributed by atoms with Crippen molar-refractivity contribution in [2.24, 2.45) is 0 Å². The van der Waals surface area contributed by atoms with Crippen molar-refractivity contribution in [2.75, 3.05) is 0 Å². The summed E-state index contributed by atoms with van der Waals surface area (Å²) in [5.74, 6) is 0. The molecule has 50 valence electrons. The summed E-state index contributed by atoms with van der Waals surface area (Å²) in [5, 5.41) is 0.306. The molecule has 0 aliphatic heterocycles. The predicted molar refractivity (Wildman–Crippen MR) is 46.6 cm³/mol. The average molecular weight is 185 g/mol. The van der Waals surface area contributed by atoms with Crippen LogP contribution in [0, 0.1) is 0 Å². The van der Waals surface area contributed by atoms with E-state index < -0.39 is 0 Å². The fraction of sp³-hybridized carbons (Fsp3) is 1.00. The summed E-state index contributed by atoms with van der Waals surface area (Å²) in [5.41, 5.74) is 0. The Balaban J connectivity index is -0.0000000150. The van der Waals surface area contributed by atoms with Crippen LogP contribution in [0.1, 0.15) is 13.8 Å². The van der Waals surface area contributed by atoms with Crippen LogP contribution in [0.4, 0.5) is 0 Å². The third-order valence-electron chi connectivity index (χ3n) is 0. The highest BCUT2D eigenvalue weighted by molar-refractivity contribution is 6.92. The normalized spacial score (nSPS) is 5.14. The predicted octanol–water partition coefficient (Wildman–Crippen LogP) is 2.54. The van der Waals surface area contributed by atoms with E-state index in [2.05, 4.69) is 0 Å². The highest BCUT2D eigenvalue weighted by Crippen LogP contribution is 1.84. The fourth-order valence-corrected chi connectivity index (χ4v) is 0. The molecule has 0 aliphatic carbocycles. The van der Waals surface area contributed by atoms with Crippen LogP contribution in [0.5, 0.6) is 0 Å². The van der Waals surface area contributed by atoms with E-state index >= 15 is 0 Å². The van der Waals surface area contributed by atoms with Gasteiger partial charge in [0.2, 0.25) is 0 Å². The van der Waals surface area contributed by atoms with Crippen molar-refractivity contribution in [3.8, 4) is 0 Å². The monoisotopic (exact) mass is 184 g/mol. The fourth-order valence-electron chi connectivity index (χ4n) is 0. The van der Waals surface area contributed by atoms with E-state index in [-0.39, 0.29) is 34.7 Å². The zero-order valence-corrected chi connectivity index (χ0v) is 8.28. The number of alkyl halides is 1. The highest BCUT2D eigenvalue weighted by atomic mass is 35.5. The molecule has 4 heteroatoms. The lowest BCUT2D eigenvalue weighted by Crippen LogP contribution is -1.70. The lowest BCUT2D eigenvalue weighted by molar-refractivity contribution is 1.10. The Morgan fingerprint density at radius 3 is 1.14 bits per heavy atom. The van der Waals surface area contributed by atoms with Gasteiger partial charge in [-0.1, -0.05) is 0 Å². The molecule has 0 radical (unpaired) electrons. The third-order valence-corrected chi connectivity index (χ3v) is 0. The summed E-state index contributed by atoms with van der Waals surface area (Å²) in [7, 11) is 0. The van der Waals surface area contributed by atoms with E-state index in [1.807, 2.05) is 13.8 Å². The molecule has 0 aliphatic rings. The van der Waals surface area contributed by atoms with E-state index in [0.29, 0.717) is 5.38 Å². The van der Waals surface area contributed by atoms with Gasteiger partial charge in [0.1, 0.15) is 0 Å². The minimum Gasteiger partial charge on any atom is -0.153 e. The van der Waals surface area contributed by atoms with Crippen LogP contribution in [0.3, 0.4) is 0 Å². The van der Waals surface area contributed by atoms with Gasteiger partial charge in [-0.05, 0) is 13.8 Å². The van der Waals surface area contributed by atoms with Crippen LogP contribution in [0.25, 0.3) is 0 Å². The molecule has 0 saturated carbocycles. The zero-order chi connectivity index (χ0) is 3.58. The average Bonchev–Trinajstić information content (AvgIpc) is 0.811. The molecule has 1 unspecified atom stereocenters. The van der Waals surface area contributed by atoms with Crippen molar-refractivity contribution in [3.05, 3.63) is 0 Å². The quantitative estimate of drug-likeness (QED) is 0.402. The summed E-state index contributed by atoms with van der Waals surface area (Å²) < 4.78 is 0. The Morgan fingerprint density at radius 2 is 1.14 bits per heavy atom. The second-order valence-corrected chi connectivity index (χ2v) is 1.89. The number of rotatable bonds is 0. The van der Waals surface area contributed by atoms with Gasteiger partial charge in [0, 0.05) is 5.38 Å². The van der Waals surface area contributed by atoms with Gasteiger partial charge in [-0.2, -0.15) is 9.90 Å². The lowest BCUT2D eigenvalue weighted by atomic mass is 10.6. The topological polar surface area (TPSA) is 0 Å². The minimum atomic E-state index is 0.